The number of nitriles is 1. The summed E-state index contributed by atoms with van der Waals surface area (Å²) in [6, 6.07) is 5.77. The number of alkyl halides is 3. The van der Waals surface area contributed by atoms with Gasteiger partial charge >= 0.3 is 6.18 Å². The Hall–Kier alpha value is -3.36. The second-order valence-corrected chi connectivity index (χ2v) is 9.18. The normalized spacial score (nSPS) is 12.4. The number of pyridine rings is 1. The first kappa shape index (κ1) is 29.9. The van der Waals surface area contributed by atoms with Crippen LogP contribution in [0.5, 0.6) is 5.88 Å². The monoisotopic (exact) mass is 547 g/mol. The summed E-state index contributed by atoms with van der Waals surface area (Å²) in [5.41, 5.74) is -5.80. The van der Waals surface area contributed by atoms with Crippen molar-refractivity contribution in [1.29, 1.82) is 5.26 Å². The van der Waals surface area contributed by atoms with Gasteiger partial charge in [-0.3, -0.25) is 9.36 Å². The standard InChI is InChI=1S/C21H24F3N5O7S/c1-2-28(7-9-30)37(34,35)15-5-3-14(4-6-15)26-27-18-17(21(22,23)24)16(13-25)19(32)29(20(18)33)8-11-36-12-10-31/h3-6,30-32H,2,7-12H2,1H3. The van der Waals surface area contributed by atoms with Gasteiger partial charge in [-0.25, -0.2) is 8.42 Å². The van der Waals surface area contributed by atoms with Gasteiger partial charge < -0.3 is 20.1 Å². The van der Waals surface area contributed by atoms with E-state index in [4.69, 9.17) is 14.9 Å². The van der Waals surface area contributed by atoms with Crippen molar-refractivity contribution in [3.8, 4) is 11.9 Å². The fourth-order valence-corrected chi connectivity index (χ4v) is 4.64. The van der Waals surface area contributed by atoms with E-state index in [1.165, 1.54) is 6.07 Å². The second-order valence-electron chi connectivity index (χ2n) is 7.24. The number of hydrogen-bond acceptors (Lipinski definition) is 10. The molecule has 12 nitrogen and oxygen atoms in total. The molecule has 202 valence electrons. The first-order valence-corrected chi connectivity index (χ1v) is 12.2. The Bertz CT molecular complexity index is 1320. The highest BCUT2D eigenvalue weighted by atomic mass is 32.2. The van der Waals surface area contributed by atoms with E-state index < -0.39 is 57.6 Å². The lowest BCUT2D eigenvalue weighted by atomic mass is 10.1. The van der Waals surface area contributed by atoms with Crippen LogP contribution in [-0.4, -0.2) is 72.1 Å². The molecule has 37 heavy (non-hydrogen) atoms. The van der Waals surface area contributed by atoms with Crippen molar-refractivity contribution in [3.63, 3.8) is 0 Å². The lowest BCUT2D eigenvalue weighted by Gasteiger charge is -2.19. The highest BCUT2D eigenvalue weighted by Crippen LogP contribution is 2.40. The molecule has 1 heterocycles. The van der Waals surface area contributed by atoms with Gasteiger partial charge in [0.05, 0.1) is 43.6 Å². The fourth-order valence-electron chi connectivity index (χ4n) is 3.20. The summed E-state index contributed by atoms with van der Waals surface area (Å²) < 4.78 is 73.0. The smallest absolute Gasteiger partial charge is 0.420 e. The number of aromatic nitrogens is 1. The van der Waals surface area contributed by atoms with E-state index in [1.807, 2.05) is 0 Å². The molecule has 0 radical (unpaired) electrons. The van der Waals surface area contributed by atoms with Gasteiger partial charge in [0.1, 0.15) is 17.2 Å². The van der Waals surface area contributed by atoms with Crippen LogP contribution < -0.4 is 5.56 Å². The molecule has 0 bridgehead atoms. The number of benzene rings is 1. The van der Waals surface area contributed by atoms with E-state index in [0.717, 1.165) is 28.6 Å². The van der Waals surface area contributed by atoms with Crippen LogP contribution >= 0.6 is 0 Å². The molecular formula is C21H24F3N5O7S. The Labute approximate surface area is 209 Å². The number of hydrogen-bond donors (Lipinski definition) is 3. The van der Waals surface area contributed by atoms with Crippen LogP contribution in [0.3, 0.4) is 0 Å². The zero-order valence-electron chi connectivity index (χ0n) is 19.5. The third-order valence-corrected chi connectivity index (χ3v) is 6.93. The molecule has 0 atom stereocenters. The number of azo groups is 1. The van der Waals surface area contributed by atoms with Crippen molar-refractivity contribution in [1.82, 2.24) is 8.87 Å². The summed E-state index contributed by atoms with van der Waals surface area (Å²) in [6.45, 7) is -0.0829. The van der Waals surface area contributed by atoms with Crippen LogP contribution in [-0.2, 0) is 27.5 Å². The molecule has 0 aliphatic rings. The second kappa shape index (κ2) is 12.7. The van der Waals surface area contributed by atoms with Crippen LogP contribution in [0.1, 0.15) is 18.1 Å². The molecule has 0 amide bonds. The Morgan fingerprint density at radius 1 is 1.14 bits per heavy atom. The van der Waals surface area contributed by atoms with Gasteiger partial charge in [0, 0.05) is 13.1 Å². The SMILES string of the molecule is CCN(CCO)S(=O)(=O)c1ccc(N=Nc2c(C(F)(F)F)c(C#N)c(O)n(CCOCCO)c2=O)cc1. The molecule has 2 rings (SSSR count). The van der Waals surface area contributed by atoms with Gasteiger partial charge in [-0.15, -0.1) is 5.11 Å². The maximum Gasteiger partial charge on any atom is 0.420 e. The third kappa shape index (κ3) is 6.90. The molecule has 1 aromatic heterocycles. The predicted molar refractivity (Wildman–Crippen MR) is 122 cm³/mol. The van der Waals surface area contributed by atoms with Crippen LogP contribution in [0.4, 0.5) is 24.5 Å². The van der Waals surface area contributed by atoms with Crippen LogP contribution in [0.2, 0.25) is 0 Å². The number of nitrogens with zero attached hydrogens (tertiary/aromatic N) is 5. The first-order valence-electron chi connectivity index (χ1n) is 10.7. The number of aromatic hydroxyl groups is 1. The molecule has 0 unspecified atom stereocenters. The minimum absolute atomic E-state index is 0.0873. The molecule has 0 saturated carbocycles. The minimum Gasteiger partial charge on any atom is -0.493 e. The highest BCUT2D eigenvalue weighted by Gasteiger charge is 2.41. The summed E-state index contributed by atoms with van der Waals surface area (Å²) >= 11 is 0. The molecule has 0 fully saturated rings. The topological polar surface area (TPSA) is 178 Å². The molecule has 2 aromatic rings. The Balaban J connectivity index is 2.55. The highest BCUT2D eigenvalue weighted by molar-refractivity contribution is 7.89. The number of ether oxygens (including phenoxy) is 1. The van der Waals surface area contributed by atoms with Crippen molar-refractivity contribution < 1.29 is 41.6 Å². The number of aliphatic hydroxyl groups is 2. The van der Waals surface area contributed by atoms with E-state index in [2.05, 4.69) is 10.2 Å². The van der Waals surface area contributed by atoms with Gasteiger partial charge in [-0.05, 0) is 24.3 Å². The quantitative estimate of drug-likeness (QED) is 0.266. The van der Waals surface area contributed by atoms with Gasteiger partial charge in [-0.1, -0.05) is 6.92 Å². The van der Waals surface area contributed by atoms with E-state index in [9.17, 15) is 36.8 Å². The fraction of sp³-hybridized carbons (Fsp3) is 0.429. The number of halogens is 3. The van der Waals surface area contributed by atoms with Crippen molar-refractivity contribution in [3.05, 3.63) is 45.7 Å². The summed E-state index contributed by atoms with van der Waals surface area (Å²) in [4.78, 5) is 12.6. The lowest BCUT2D eigenvalue weighted by Crippen LogP contribution is -2.33. The van der Waals surface area contributed by atoms with Crippen LogP contribution in [0.15, 0.2) is 44.2 Å². The van der Waals surface area contributed by atoms with Crippen molar-refractivity contribution in [2.45, 2.75) is 24.5 Å². The average Bonchev–Trinajstić information content (AvgIpc) is 2.85. The lowest BCUT2D eigenvalue weighted by molar-refractivity contribution is -0.137. The Kier molecular flexibility index (Phi) is 10.3. The van der Waals surface area contributed by atoms with E-state index in [-0.39, 0.29) is 43.5 Å². The Morgan fingerprint density at radius 2 is 1.78 bits per heavy atom. The number of aliphatic hydroxyl groups excluding tert-OH is 2. The molecule has 0 aliphatic heterocycles. The van der Waals surface area contributed by atoms with Crippen molar-refractivity contribution in [2.24, 2.45) is 10.2 Å². The van der Waals surface area contributed by atoms with E-state index in [1.54, 1.807) is 6.92 Å². The van der Waals surface area contributed by atoms with Gasteiger partial charge in [0.25, 0.3) is 5.56 Å². The number of sulfonamides is 1. The van der Waals surface area contributed by atoms with Gasteiger partial charge in [0.15, 0.2) is 5.69 Å². The summed E-state index contributed by atoms with van der Waals surface area (Å²) in [5.74, 6) is -1.23. The zero-order chi connectivity index (χ0) is 27.8. The molecule has 0 saturated heterocycles. The largest absolute Gasteiger partial charge is 0.493 e. The summed E-state index contributed by atoms with van der Waals surface area (Å²) in [6.07, 6.45) is -5.25. The minimum atomic E-state index is -5.25. The van der Waals surface area contributed by atoms with Gasteiger partial charge in [-0.2, -0.15) is 27.9 Å². The molecule has 3 N–H and O–H groups in total. The van der Waals surface area contributed by atoms with Crippen LogP contribution in [0, 0.1) is 11.3 Å². The number of rotatable bonds is 12. The first-order chi connectivity index (χ1) is 17.4. The molecule has 16 heteroatoms. The summed E-state index contributed by atoms with van der Waals surface area (Å²) in [5, 5.41) is 44.2. The van der Waals surface area contributed by atoms with Gasteiger partial charge in [0.2, 0.25) is 15.9 Å². The van der Waals surface area contributed by atoms with E-state index >= 15 is 0 Å². The Morgan fingerprint density at radius 3 is 2.30 bits per heavy atom. The summed E-state index contributed by atoms with van der Waals surface area (Å²) in [7, 11) is -3.95. The molecular weight excluding hydrogens is 523 g/mol. The van der Waals surface area contributed by atoms with Crippen LogP contribution in [0.25, 0.3) is 0 Å². The third-order valence-electron chi connectivity index (χ3n) is 4.95. The zero-order valence-corrected chi connectivity index (χ0v) is 20.3. The maximum atomic E-state index is 13.8. The average molecular weight is 548 g/mol. The van der Waals surface area contributed by atoms with Crippen molar-refractivity contribution >= 4 is 21.4 Å². The van der Waals surface area contributed by atoms with Crippen molar-refractivity contribution in [2.75, 3.05) is 39.5 Å². The number of likely N-dealkylation sites (N-methyl/N-ethyl adjacent to an activating group) is 1. The predicted octanol–water partition coefficient (Wildman–Crippen LogP) is 1.87. The molecule has 0 spiro atoms. The molecule has 0 aliphatic carbocycles. The molecule has 1 aromatic carbocycles. The van der Waals surface area contributed by atoms with E-state index in [0.29, 0.717) is 4.57 Å². The maximum absolute atomic E-state index is 13.8.